The number of rotatable bonds is 3. The van der Waals surface area contributed by atoms with E-state index in [0.717, 1.165) is 17.5 Å². The van der Waals surface area contributed by atoms with E-state index in [4.69, 9.17) is 4.98 Å². The summed E-state index contributed by atoms with van der Waals surface area (Å²) in [5.41, 5.74) is 2.87. The summed E-state index contributed by atoms with van der Waals surface area (Å²) >= 11 is 0. The van der Waals surface area contributed by atoms with Gasteiger partial charge in [0, 0.05) is 38.0 Å². The molecule has 4 heterocycles. The topological polar surface area (TPSA) is 84.2 Å². The second-order valence-corrected chi connectivity index (χ2v) is 7.95. The molecule has 0 saturated carbocycles. The zero-order valence-corrected chi connectivity index (χ0v) is 16.9. The average molecular weight is 402 g/mol. The van der Waals surface area contributed by atoms with Crippen LogP contribution in [-0.2, 0) is 7.05 Å². The first-order chi connectivity index (χ1) is 14.5. The van der Waals surface area contributed by atoms with Crippen molar-refractivity contribution >= 4 is 11.9 Å². The van der Waals surface area contributed by atoms with Crippen molar-refractivity contribution in [2.24, 2.45) is 7.05 Å². The lowest BCUT2D eigenvalue weighted by molar-refractivity contribution is 0.0725. The average Bonchev–Trinajstić information content (AvgIpc) is 3.37. The lowest BCUT2D eigenvalue weighted by Crippen LogP contribution is -2.50. The molecule has 2 aromatic heterocycles. The van der Waals surface area contributed by atoms with Gasteiger partial charge in [-0.2, -0.15) is 0 Å². The van der Waals surface area contributed by atoms with Gasteiger partial charge >= 0.3 is 0 Å². The van der Waals surface area contributed by atoms with Gasteiger partial charge in [0.15, 0.2) is 0 Å². The van der Waals surface area contributed by atoms with Crippen LogP contribution in [-0.4, -0.2) is 55.5 Å². The van der Waals surface area contributed by atoms with E-state index >= 15 is 0 Å². The van der Waals surface area contributed by atoms with E-state index in [1.165, 1.54) is 12.4 Å². The van der Waals surface area contributed by atoms with Crippen molar-refractivity contribution in [3.05, 3.63) is 70.4 Å². The molecule has 8 nitrogen and oxygen atoms in total. The minimum absolute atomic E-state index is 0.0683. The molecule has 3 aromatic rings. The maximum absolute atomic E-state index is 13.0. The minimum atomic E-state index is -0.135. The molecule has 30 heavy (non-hydrogen) atoms. The molecule has 2 atom stereocenters. The van der Waals surface area contributed by atoms with E-state index < -0.39 is 0 Å². The number of hydrogen-bond acceptors (Lipinski definition) is 6. The first-order valence-corrected chi connectivity index (χ1v) is 10.00. The smallest absolute Gasteiger partial charge is 0.255 e. The molecule has 1 amide bonds. The van der Waals surface area contributed by atoms with Crippen LogP contribution in [0.3, 0.4) is 0 Å². The Balaban J connectivity index is 1.41. The Morgan fingerprint density at radius 1 is 1.07 bits per heavy atom. The van der Waals surface area contributed by atoms with Gasteiger partial charge in [-0.15, -0.1) is 0 Å². The van der Waals surface area contributed by atoms with Crippen molar-refractivity contribution in [1.82, 2.24) is 24.4 Å². The van der Waals surface area contributed by atoms with Crippen LogP contribution in [0.2, 0.25) is 0 Å². The number of piperazine rings is 1. The third-order valence-electron chi connectivity index (χ3n) is 6.01. The Labute approximate surface area is 173 Å². The van der Waals surface area contributed by atoms with Crippen LogP contribution in [0.5, 0.6) is 0 Å². The van der Waals surface area contributed by atoms with Gasteiger partial charge in [0.1, 0.15) is 6.33 Å². The molecule has 8 heteroatoms. The van der Waals surface area contributed by atoms with Gasteiger partial charge in [-0.1, -0.05) is 17.7 Å². The predicted molar refractivity (Wildman–Crippen MR) is 112 cm³/mol. The summed E-state index contributed by atoms with van der Waals surface area (Å²) in [6.07, 6.45) is 3.96. The number of amides is 1. The molecule has 1 unspecified atom stereocenters. The molecule has 152 valence electrons. The molecule has 1 aromatic carbocycles. The summed E-state index contributed by atoms with van der Waals surface area (Å²) in [5.74, 6) is 0.685. The fourth-order valence-corrected chi connectivity index (χ4v) is 4.38. The van der Waals surface area contributed by atoms with Crippen molar-refractivity contribution in [2.45, 2.75) is 25.4 Å². The number of anilines is 1. The lowest BCUT2D eigenvalue weighted by atomic mass is 10.1. The van der Waals surface area contributed by atoms with Gasteiger partial charge < -0.3 is 9.80 Å². The molecular weight excluding hydrogens is 380 g/mol. The van der Waals surface area contributed by atoms with Crippen LogP contribution in [0, 0.1) is 6.92 Å². The Hall–Kier alpha value is -3.55. The summed E-state index contributed by atoms with van der Waals surface area (Å²) in [6, 6.07) is 11.2. The van der Waals surface area contributed by atoms with Gasteiger partial charge in [0.25, 0.3) is 11.5 Å². The first-order valence-electron chi connectivity index (χ1n) is 10.00. The van der Waals surface area contributed by atoms with Crippen LogP contribution in [0.1, 0.15) is 22.3 Å². The Bertz CT molecular complexity index is 1160. The third kappa shape index (κ3) is 3.04. The molecule has 0 N–H and O–H groups in total. The highest BCUT2D eigenvalue weighted by molar-refractivity contribution is 5.95. The van der Waals surface area contributed by atoms with Crippen LogP contribution in [0.15, 0.2) is 53.7 Å². The first kappa shape index (κ1) is 18.5. The molecule has 5 rings (SSSR count). The Morgan fingerprint density at radius 3 is 2.53 bits per heavy atom. The summed E-state index contributed by atoms with van der Waals surface area (Å²) in [6.45, 7) is 3.30. The maximum Gasteiger partial charge on any atom is 0.255 e. The Kier molecular flexibility index (Phi) is 4.34. The Morgan fingerprint density at radius 2 is 1.87 bits per heavy atom. The molecule has 0 aliphatic carbocycles. The van der Waals surface area contributed by atoms with Crippen molar-refractivity contribution in [1.29, 1.82) is 0 Å². The van der Waals surface area contributed by atoms with Crippen LogP contribution >= 0.6 is 0 Å². The number of aryl methyl sites for hydroxylation is 1. The summed E-state index contributed by atoms with van der Waals surface area (Å²) in [4.78, 5) is 42.5. The summed E-state index contributed by atoms with van der Waals surface area (Å²) in [5, 5.41) is 0. The highest BCUT2D eigenvalue weighted by atomic mass is 16.2. The molecule has 2 fully saturated rings. The number of benzene rings is 1. The highest BCUT2D eigenvalue weighted by Gasteiger charge is 2.46. The van der Waals surface area contributed by atoms with E-state index in [-0.39, 0.29) is 23.6 Å². The second kappa shape index (κ2) is 7.05. The van der Waals surface area contributed by atoms with Crippen LogP contribution < -0.4 is 10.5 Å². The zero-order valence-electron chi connectivity index (χ0n) is 16.9. The van der Waals surface area contributed by atoms with Gasteiger partial charge in [0.2, 0.25) is 5.95 Å². The number of carbonyl (C=O) groups is 1. The van der Waals surface area contributed by atoms with Crippen molar-refractivity contribution < 1.29 is 4.79 Å². The van der Waals surface area contributed by atoms with Crippen molar-refractivity contribution in [3.8, 4) is 11.4 Å². The molecule has 2 aliphatic rings. The van der Waals surface area contributed by atoms with Crippen molar-refractivity contribution in [2.75, 3.05) is 18.0 Å². The largest absolute Gasteiger partial charge is 0.335 e. The molecule has 0 spiro atoms. The molecule has 2 bridgehead atoms. The van der Waals surface area contributed by atoms with Crippen LogP contribution in [0.25, 0.3) is 11.4 Å². The van der Waals surface area contributed by atoms with E-state index in [2.05, 4.69) is 14.9 Å². The highest BCUT2D eigenvalue weighted by Crippen LogP contribution is 2.34. The van der Waals surface area contributed by atoms with Gasteiger partial charge in [0.05, 0.1) is 23.5 Å². The third-order valence-corrected chi connectivity index (χ3v) is 6.01. The SMILES string of the molecule is Cc1ccc(C(=O)N2C[C@H]3CC2CN3c2nc(-c3ccncn3)cc(=O)n2C)cc1. The maximum atomic E-state index is 13.0. The quantitative estimate of drug-likeness (QED) is 0.662. The number of fused-ring (bicyclic) bond motifs is 2. The predicted octanol–water partition coefficient (Wildman–Crippen LogP) is 1.65. The van der Waals surface area contributed by atoms with E-state index in [0.29, 0.717) is 30.4 Å². The second-order valence-electron chi connectivity index (χ2n) is 7.95. The van der Waals surface area contributed by atoms with Gasteiger partial charge in [-0.25, -0.2) is 15.0 Å². The molecule has 0 radical (unpaired) electrons. The molecule has 2 saturated heterocycles. The standard InChI is InChI=1S/C22H22N6O2/c1-14-3-5-15(6-4-14)21(30)27-11-17-9-16(27)12-28(17)22-25-19(10-20(29)26(22)2)18-7-8-23-13-24-18/h3-8,10,13,16-17H,9,11-12H2,1-2H3/t16?,17-/m1/s1. The van der Waals surface area contributed by atoms with Gasteiger partial charge in [-0.05, 0) is 31.5 Å². The van der Waals surface area contributed by atoms with E-state index in [1.54, 1.807) is 23.9 Å². The number of likely N-dealkylation sites (tertiary alicyclic amines) is 1. The normalized spacial score (nSPS) is 20.1. The molecular formula is C22H22N6O2. The lowest BCUT2D eigenvalue weighted by Gasteiger charge is -2.35. The van der Waals surface area contributed by atoms with E-state index in [1.807, 2.05) is 36.1 Å². The fraction of sp³-hybridized carbons (Fsp3) is 0.318. The van der Waals surface area contributed by atoms with Crippen LogP contribution in [0.4, 0.5) is 5.95 Å². The monoisotopic (exact) mass is 402 g/mol. The number of aromatic nitrogens is 4. The number of hydrogen-bond donors (Lipinski definition) is 0. The minimum Gasteiger partial charge on any atom is -0.335 e. The number of carbonyl (C=O) groups excluding carboxylic acids is 1. The molecule has 2 aliphatic heterocycles. The summed E-state index contributed by atoms with van der Waals surface area (Å²) < 4.78 is 1.57. The van der Waals surface area contributed by atoms with E-state index in [9.17, 15) is 9.59 Å². The zero-order chi connectivity index (χ0) is 20.8. The van der Waals surface area contributed by atoms with Gasteiger partial charge in [-0.3, -0.25) is 14.2 Å². The number of nitrogens with zero attached hydrogens (tertiary/aromatic N) is 6. The van der Waals surface area contributed by atoms with Crippen molar-refractivity contribution in [3.63, 3.8) is 0 Å². The summed E-state index contributed by atoms with van der Waals surface area (Å²) in [7, 11) is 1.73. The fourth-order valence-electron chi connectivity index (χ4n) is 4.38.